The van der Waals surface area contributed by atoms with Crippen molar-refractivity contribution in [2.75, 3.05) is 24.2 Å². The molecule has 1 aromatic carbocycles. The Morgan fingerprint density at radius 1 is 1.38 bits per heavy atom. The van der Waals surface area contributed by atoms with Crippen molar-refractivity contribution < 1.29 is 0 Å². The lowest BCUT2D eigenvalue weighted by molar-refractivity contribution is 0.940. The minimum absolute atomic E-state index is 0.244. The second-order valence-electron chi connectivity index (χ2n) is 3.57. The molecular formula is C11H13ClN4. The van der Waals surface area contributed by atoms with Crippen LogP contribution in [0.3, 0.4) is 0 Å². The van der Waals surface area contributed by atoms with Crippen molar-refractivity contribution in [3.05, 3.63) is 23.5 Å². The summed E-state index contributed by atoms with van der Waals surface area (Å²) in [4.78, 5) is 10.4. The largest absolute Gasteiger partial charge is 0.398 e. The molecule has 2 aromatic rings. The fourth-order valence-electron chi connectivity index (χ4n) is 1.59. The predicted molar refractivity (Wildman–Crippen MR) is 67.9 cm³/mol. The van der Waals surface area contributed by atoms with E-state index >= 15 is 0 Å². The van der Waals surface area contributed by atoms with E-state index in [1.165, 1.54) is 0 Å². The zero-order chi connectivity index (χ0) is 11.7. The average molecular weight is 237 g/mol. The van der Waals surface area contributed by atoms with E-state index in [1.54, 1.807) is 0 Å². The van der Waals surface area contributed by atoms with Gasteiger partial charge in [0, 0.05) is 19.3 Å². The van der Waals surface area contributed by atoms with E-state index in [0.29, 0.717) is 5.69 Å². The Labute approximate surface area is 99.1 Å². The SMILES string of the molecule is CCN(C)c1nc(Cl)nc2cccc(N)c12. The monoisotopic (exact) mass is 236 g/mol. The summed E-state index contributed by atoms with van der Waals surface area (Å²) >= 11 is 5.89. The van der Waals surface area contributed by atoms with Crippen molar-refractivity contribution in [2.45, 2.75) is 6.92 Å². The number of nitrogens with two attached hydrogens (primary N) is 1. The summed E-state index contributed by atoms with van der Waals surface area (Å²) in [5, 5.41) is 1.10. The van der Waals surface area contributed by atoms with Gasteiger partial charge in [-0.1, -0.05) is 6.07 Å². The average Bonchev–Trinajstić information content (AvgIpc) is 2.27. The summed E-state index contributed by atoms with van der Waals surface area (Å²) in [6.07, 6.45) is 0. The molecule has 0 saturated carbocycles. The van der Waals surface area contributed by atoms with Gasteiger partial charge in [0.1, 0.15) is 5.82 Å². The molecule has 1 heterocycles. The van der Waals surface area contributed by atoms with E-state index in [4.69, 9.17) is 17.3 Å². The number of hydrogen-bond donors (Lipinski definition) is 1. The molecule has 0 aliphatic rings. The van der Waals surface area contributed by atoms with Crippen molar-refractivity contribution >= 4 is 34.0 Å². The molecule has 84 valence electrons. The van der Waals surface area contributed by atoms with Gasteiger partial charge >= 0.3 is 0 Å². The highest BCUT2D eigenvalue weighted by atomic mass is 35.5. The van der Waals surface area contributed by atoms with E-state index in [9.17, 15) is 0 Å². The predicted octanol–water partition coefficient (Wildman–Crippen LogP) is 2.32. The molecule has 0 aliphatic carbocycles. The van der Waals surface area contributed by atoms with Gasteiger partial charge < -0.3 is 10.6 Å². The minimum atomic E-state index is 0.244. The first kappa shape index (κ1) is 11.0. The highest BCUT2D eigenvalue weighted by molar-refractivity contribution is 6.29. The van der Waals surface area contributed by atoms with Gasteiger partial charge in [-0.05, 0) is 30.7 Å². The van der Waals surface area contributed by atoms with E-state index in [0.717, 1.165) is 23.3 Å². The Balaban J connectivity index is 2.80. The molecule has 0 unspecified atom stereocenters. The molecule has 0 spiro atoms. The number of hydrogen-bond acceptors (Lipinski definition) is 4. The first-order chi connectivity index (χ1) is 7.63. The number of anilines is 2. The van der Waals surface area contributed by atoms with Gasteiger partial charge in [0.05, 0.1) is 10.9 Å². The van der Waals surface area contributed by atoms with Crippen LogP contribution < -0.4 is 10.6 Å². The third-order valence-corrected chi connectivity index (χ3v) is 2.71. The first-order valence-electron chi connectivity index (χ1n) is 5.06. The van der Waals surface area contributed by atoms with Crippen molar-refractivity contribution in [1.82, 2.24) is 9.97 Å². The molecule has 5 heteroatoms. The van der Waals surface area contributed by atoms with Crippen LogP contribution in [-0.2, 0) is 0 Å². The lowest BCUT2D eigenvalue weighted by Gasteiger charge is -2.18. The Morgan fingerprint density at radius 2 is 2.12 bits per heavy atom. The highest BCUT2D eigenvalue weighted by Gasteiger charge is 2.11. The van der Waals surface area contributed by atoms with Crippen LogP contribution in [0.25, 0.3) is 10.9 Å². The van der Waals surface area contributed by atoms with Gasteiger partial charge in [-0.2, -0.15) is 4.98 Å². The highest BCUT2D eigenvalue weighted by Crippen LogP contribution is 2.29. The molecule has 0 aliphatic heterocycles. The maximum Gasteiger partial charge on any atom is 0.224 e. The molecule has 0 fully saturated rings. The second kappa shape index (κ2) is 4.14. The lowest BCUT2D eigenvalue weighted by atomic mass is 10.2. The Bertz CT molecular complexity index is 527. The van der Waals surface area contributed by atoms with Gasteiger partial charge in [-0.25, -0.2) is 4.98 Å². The molecule has 1 aromatic heterocycles. The molecule has 4 nitrogen and oxygen atoms in total. The smallest absolute Gasteiger partial charge is 0.224 e. The Kier molecular flexibility index (Phi) is 2.83. The molecule has 16 heavy (non-hydrogen) atoms. The Hall–Kier alpha value is -1.55. The second-order valence-corrected chi connectivity index (χ2v) is 3.91. The summed E-state index contributed by atoms with van der Waals surface area (Å²) in [6.45, 7) is 2.87. The number of aromatic nitrogens is 2. The van der Waals surface area contributed by atoms with Crippen LogP contribution >= 0.6 is 11.6 Å². The molecule has 0 bridgehead atoms. The molecule has 0 atom stereocenters. The quantitative estimate of drug-likeness (QED) is 0.642. The third kappa shape index (κ3) is 1.76. The van der Waals surface area contributed by atoms with E-state index in [2.05, 4.69) is 9.97 Å². The Morgan fingerprint density at radius 3 is 2.81 bits per heavy atom. The summed E-state index contributed by atoms with van der Waals surface area (Å²) in [6, 6.07) is 5.58. The van der Waals surface area contributed by atoms with Crippen LogP contribution in [0.15, 0.2) is 18.2 Å². The van der Waals surface area contributed by atoms with Crippen LogP contribution in [0.1, 0.15) is 6.92 Å². The molecule has 2 N–H and O–H groups in total. The number of benzene rings is 1. The standard InChI is InChI=1S/C11H13ClN4/c1-3-16(2)10-9-7(13)5-4-6-8(9)14-11(12)15-10/h4-6H,3,13H2,1-2H3. The number of nitrogen functional groups attached to an aromatic ring is 1. The summed E-state index contributed by atoms with van der Waals surface area (Å²) in [5.41, 5.74) is 7.39. The van der Waals surface area contributed by atoms with Gasteiger partial charge in [-0.3, -0.25) is 0 Å². The first-order valence-corrected chi connectivity index (χ1v) is 5.44. The number of fused-ring (bicyclic) bond motifs is 1. The van der Waals surface area contributed by atoms with E-state index in [1.807, 2.05) is 37.1 Å². The lowest BCUT2D eigenvalue weighted by Crippen LogP contribution is -2.18. The number of nitrogens with zero attached hydrogens (tertiary/aromatic N) is 3. The molecule has 0 saturated heterocycles. The molecule has 0 amide bonds. The van der Waals surface area contributed by atoms with Crippen LogP contribution in [0.2, 0.25) is 5.28 Å². The van der Waals surface area contributed by atoms with Crippen molar-refractivity contribution in [2.24, 2.45) is 0 Å². The number of rotatable bonds is 2. The molecule has 2 rings (SSSR count). The maximum atomic E-state index is 5.95. The van der Waals surface area contributed by atoms with Gasteiger partial charge in [0.2, 0.25) is 5.28 Å². The zero-order valence-electron chi connectivity index (χ0n) is 9.24. The van der Waals surface area contributed by atoms with E-state index < -0.39 is 0 Å². The van der Waals surface area contributed by atoms with Gasteiger partial charge in [0.15, 0.2) is 0 Å². The van der Waals surface area contributed by atoms with Gasteiger partial charge in [-0.15, -0.1) is 0 Å². The van der Waals surface area contributed by atoms with Crippen LogP contribution in [0.4, 0.5) is 11.5 Å². The van der Waals surface area contributed by atoms with E-state index in [-0.39, 0.29) is 5.28 Å². The van der Waals surface area contributed by atoms with Crippen molar-refractivity contribution in [3.63, 3.8) is 0 Å². The summed E-state index contributed by atoms with van der Waals surface area (Å²) < 4.78 is 0. The zero-order valence-corrected chi connectivity index (χ0v) is 9.99. The number of halogens is 1. The minimum Gasteiger partial charge on any atom is -0.398 e. The fraction of sp³-hybridized carbons (Fsp3) is 0.273. The topological polar surface area (TPSA) is 55.0 Å². The molecular weight excluding hydrogens is 224 g/mol. The van der Waals surface area contributed by atoms with Crippen LogP contribution in [0, 0.1) is 0 Å². The summed E-state index contributed by atoms with van der Waals surface area (Å²) in [7, 11) is 1.95. The van der Waals surface area contributed by atoms with Crippen molar-refractivity contribution in [1.29, 1.82) is 0 Å². The normalized spacial score (nSPS) is 10.7. The maximum absolute atomic E-state index is 5.95. The fourth-order valence-corrected chi connectivity index (χ4v) is 1.76. The van der Waals surface area contributed by atoms with Gasteiger partial charge in [0.25, 0.3) is 0 Å². The van der Waals surface area contributed by atoms with Crippen molar-refractivity contribution in [3.8, 4) is 0 Å². The summed E-state index contributed by atoms with van der Waals surface area (Å²) in [5.74, 6) is 0.774. The molecule has 0 radical (unpaired) electrons. The third-order valence-electron chi connectivity index (χ3n) is 2.55. The van der Waals surface area contributed by atoms with Crippen LogP contribution in [0.5, 0.6) is 0 Å². The van der Waals surface area contributed by atoms with Crippen LogP contribution in [-0.4, -0.2) is 23.6 Å².